The summed E-state index contributed by atoms with van der Waals surface area (Å²) in [6.07, 6.45) is 6.33. The topological polar surface area (TPSA) is 39.2 Å². The normalized spacial score (nSPS) is 11.2. The molecule has 0 aliphatic carbocycles. The van der Waals surface area contributed by atoms with Crippen molar-refractivity contribution in [3.05, 3.63) is 101 Å². The number of aryl methyl sites for hydroxylation is 1. The molecule has 26 heavy (non-hydrogen) atoms. The van der Waals surface area contributed by atoms with Gasteiger partial charge in [-0.15, -0.1) is 0 Å². The number of para-hydroxylation sites is 1. The molecule has 0 N–H and O–H groups in total. The summed E-state index contributed by atoms with van der Waals surface area (Å²) < 4.78 is 5.47. The summed E-state index contributed by atoms with van der Waals surface area (Å²) in [5.74, 6) is 0.260. The first kappa shape index (κ1) is 17.6. The summed E-state index contributed by atoms with van der Waals surface area (Å²) in [5, 5.41) is 0. The van der Waals surface area contributed by atoms with Gasteiger partial charge in [0.15, 0.2) is 0 Å². The van der Waals surface area contributed by atoms with Crippen LogP contribution < -0.4 is 4.74 Å². The third kappa shape index (κ3) is 4.67. The van der Waals surface area contributed by atoms with Gasteiger partial charge in [-0.3, -0.25) is 4.98 Å². The van der Waals surface area contributed by atoms with Crippen molar-refractivity contribution in [2.45, 2.75) is 20.3 Å². The van der Waals surface area contributed by atoms with E-state index in [1.807, 2.05) is 55.6 Å². The van der Waals surface area contributed by atoms with Crippen molar-refractivity contribution in [3.63, 3.8) is 0 Å². The largest absolute Gasteiger partial charge is 0.423 e. The number of nitrogens with zero attached hydrogens (tertiary/aromatic N) is 1. The predicted molar refractivity (Wildman–Crippen MR) is 104 cm³/mol. The van der Waals surface area contributed by atoms with E-state index in [0.717, 1.165) is 17.5 Å². The molecule has 0 bridgehead atoms. The third-order valence-electron chi connectivity index (χ3n) is 4.11. The van der Waals surface area contributed by atoms with E-state index < -0.39 is 0 Å². The van der Waals surface area contributed by atoms with Crippen LogP contribution in [0, 0.1) is 6.92 Å². The number of esters is 1. The first-order valence-electron chi connectivity index (χ1n) is 8.56. The molecular weight excluding hydrogens is 322 g/mol. The van der Waals surface area contributed by atoms with E-state index in [0.29, 0.717) is 11.3 Å². The summed E-state index contributed by atoms with van der Waals surface area (Å²) in [5.41, 5.74) is 4.85. The molecule has 0 amide bonds. The van der Waals surface area contributed by atoms with Crippen molar-refractivity contribution in [1.82, 2.24) is 4.98 Å². The van der Waals surface area contributed by atoms with Gasteiger partial charge in [-0.2, -0.15) is 0 Å². The molecule has 3 aromatic rings. The van der Waals surface area contributed by atoms with Crippen LogP contribution in [-0.4, -0.2) is 11.0 Å². The monoisotopic (exact) mass is 343 g/mol. The molecule has 3 rings (SSSR count). The minimum absolute atomic E-state index is 0.335. The van der Waals surface area contributed by atoms with Crippen LogP contribution >= 0.6 is 0 Å². The lowest BCUT2D eigenvalue weighted by molar-refractivity contribution is -0.130. The minimum atomic E-state index is -0.335. The number of rotatable bonds is 5. The average Bonchev–Trinajstić information content (AvgIpc) is 2.66. The zero-order valence-corrected chi connectivity index (χ0v) is 15.0. The van der Waals surface area contributed by atoms with Crippen molar-refractivity contribution in [2.24, 2.45) is 0 Å². The molecule has 3 nitrogen and oxygen atoms in total. The zero-order valence-electron chi connectivity index (χ0n) is 15.0. The number of carbonyl (C=O) groups is 1. The summed E-state index contributed by atoms with van der Waals surface area (Å²) in [6, 6.07) is 19.7. The number of hydrogen-bond donors (Lipinski definition) is 0. The van der Waals surface area contributed by atoms with Crippen molar-refractivity contribution < 1.29 is 9.53 Å². The van der Waals surface area contributed by atoms with E-state index in [1.54, 1.807) is 19.2 Å². The number of benzene rings is 2. The van der Waals surface area contributed by atoms with Gasteiger partial charge in [-0.1, -0.05) is 48.5 Å². The van der Waals surface area contributed by atoms with Crippen molar-refractivity contribution in [3.8, 4) is 5.75 Å². The summed E-state index contributed by atoms with van der Waals surface area (Å²) in [4.78, 5) is 16.4. The lowest BCUT2D eigenvalue weighted by Gasteiger charge is -2.07. The van der Waals surface area contributed by atoms with Gasteiger partial charge in [0.1, 0.15) is 5.75 Å². The summed E-state index contributed by atoms with van der Waals surface area (Å²) in [7, 11) is 0. The van der Waals surface area contributed by atoms with Crippen LogP contribution in [0.3, 0.4) is 0 Å². The lowest BCUT2D eigenvalue weighted by Crippen LogP contribution is -2.09. The number of ether oxygens (including phenoxy) is 1. The Morgan fingerprint density at radius 2 is 1.77 bits per heavy atom. The highest BCUT2D eigenvalue weighted by atomic mass is 16.5. The van der Waals surface area contributed by atoms with Crippen LogP contribution in [0.1, 0.15) is 29.2 Å². The Morgan fingerprint density at radius 1 is 1.00 bits per heavy atom. The van der Waals surface area contributed by atoms with E-state index in [4.69, 9.17) is 4.74 Å². The molecule has 0 aliphatic heterocycles. The van der Waals surface area contributed by atoms with E-state index in [1.165, 1.54) is 11.1 Å². The van der Waals surface area contributed by atoms with Gasteiger partial charge >= 0.3 is 5.97 Å². The van der Waals surface area contributed by atoms with Crippen molar-refractivity contribution in [2.75, 3.05) is 0 Å². The van der Waals surface area contributed by atoms with Gasteiger partial charge in [0.25, 0.3) is 0 Å². The Balaban J connectivity index is 1.67. The molecule has 0 spiro atoms. The quantitative estimate of drug-likeness (QED) is 0.372. The van der Waals surface area contributed by atoms with Gasteiger partial charge in [0, 0.05) is 18.0 Å². The van der Waals surface area contributed by atoms with Gasteiger partial charge in [-0.25, -0.2) is 4.79 Å². The Morgan fingerprint density at radius 3 is 2.46 bits per heavy atom. The summed E-state index contributed by atoms with van der Waals surface area (Å²) >= 11 is 0. The van der Waals surface area contributed by atoms with Crippen LogP contribution in [0.4, 0.5) is 0 Å². The Kier molecular flexibility index (Phi) is 5.59. The van der Waals surface area contributed by atoms with Gasteiger partial charge in [0.05, 0.1) is 0 Å². The fourth-order valence-corrected chi connectivity index (χ4v) is 2.63. The van der Waals surface area contributed by atoms with Gasteiger partial charge < -0.3 is 4.74 Å². The fourth-order valence-electron chi connectivity index (χ4n) is 2.63. The Bertz CT molecular complexity index is 912. The molecule has 2 aromatic carbocycles. The van der Waals surface area contributed by atoms with E-state index in [-0.39, 0.29) is 5.97 Å². The average molecular weight is 343 g/mol. The van der Waals surface area contributed by atoms with E-state index in [9.17, 15) is 4.79 Å². The number of aromatic nitrogens is 1. The van der Waals surface area contributed by atoms with Crippen molar-refractivity contribution >= 4 is 12.0 Å². The second kappa shape index (κ2) is 8.26. The van der Waals surface area contributed by atoms with Gasteiger partial charge in [-0.05, 0) is 60.7 Å². The molecule has 0 saturated heterocycles. The van der Waals surface area contributed by atoms with E-state index >= 15 is 0 Å². The Hall–Kier alpha value is -3.20. The Labute approximate surface area is 154 Å². The van der Waals surface area contributed by atoms with E-state index in [2.05, 4.69) is 23.2 Å². The lowest BCUT2D eigenvalue weighted by atomic mass is 10.0. The predicted octanol–water partition coefficient (Wildman–Crippen LogP) is 4.99. The van der Waals surface area contributed by atoms with Crippen LogP contribution in [-0.2, 0) is 11.2 Å². The highest BCUT2D eigenvalue weighted by Gasteiger charge is 2.09. The highest BCUT2D eigenvalue weighted by Crippen LogP contribution is 2.18. The maximum Gasteiger partial charge on any atom is 0.339 e. The molecule has 0 radical (unpaired) electrons. The molecule has 0 saturated carbocycles. The molecule has 3 heteroatoms. The molecule has 0 atom stereocenters. The number of carbonyl (C=O) groups excluding carboxylic acids is 1. The molecule has 1 heterocycles. The van der Waals surface area contributed by atoms with Crippen LogP contribution in [0.15, 0.2) is 78.6 Å². The summed E-state index contributed by atoms with van der Waals surface area (Å²) in [6.45, 7) is 3.69. The molecule has 130 valence electrons. The maximum absolute atomic E-state index is 12.3. The molecule has 0 aliphatic rings. The first-order chi connectivity index (χ1) is 12.6. The highest BCUT2D eigenvalue weighted by molar-refractivity contribution is 5.94. The number of hydrogen-bond acceptors (Lipinski definition) is 3. The smallest absolute Gasteiger partial charge is 0.339 e. The standard InChI is InChI=1S/C23H21NO2/c1-17-6-3-4-8-22(17)26-23(25)18(2)14-19-9-11-20(12-10-19)15-21-7-5-13-24-16-21/h3-14,16H,15H2,1-2H3/b18-14+. The first-order valence-corrected chi connectivity index (χ1v) is 8.56. The maximum atomic E-state index is 12.3. The molecule has 1 aromatic heterocycles. The van der Waals surface area contributed by atoms with Crippen LogP contribution in [0.5, 0.6) is 5.75 Å². The van der Waals surface area contributed by atoms with Crippen LogP contribution in [0.25, 0.3) is 6.08 Å². The molecular formula is C23H21NO2. The van der Waals surface area contributed by atoms with Gasteiger partial charge in [0.2, 0.25) is 0 Å². The fraction of sp³-hybridized carbons (Fsp3) is 0.130. The second-order valence-electron chi connectivity index (χ2n) is 6.26. The third-order valence-corrected chi connectivity index (χ3v) is 4.11. The second-order valence-corrected chi connectivity index (χ2v) is 6.26. The molecule has 0 unspecified atom stereocenters. The van der Waals surface area contributed by atoms with Crippen LogP contribution in [0.2, 0.25) is 0 Å². The molecule has 0 fully saturated rings. The SMILES string of the molecule is C/C(=C\c1ccc(Cc2cccnc2)cc1)C(=O)Oc1ccccc1C. The zero-order chi connectivity index (χ0) is 18.4. The van der Waals surface area contributed by atoms with Crippen molar-refractivity contribution in [1.29, 1.82) is 0 Å². The minimum Gasteiger partial charge on any atom is -0.423 e. The number of pyridine rings is 1.